The van der Waals surface area contributed by atoms with Crippen LogP contribution in [0.5, 0.6) is 0 Å². The second kappa shape index (κ2) is 75.4. The summed E-state index contributed by atoms with van der Waals surface area (Å²) >= 11 is 0. The van der Waals surface area contributed by atoms with E-state index in [0.29, 0.717) is 12.8 Å². The molecule has 5 heteroatoms. The molecule has 0 saturated heterocycles. The number of hydrogen-bond acceptors (Lipinski definition) is 5. The molecule has 84 heavy (non-hydrogen) atoms. The molecule has 0 aliphatic heterocycles. The van der Waals surface area contributed by atoms with E-state index >= 15 is 0 Å². The van der Waals surface area contributed by atoms with Crippen LogP contribution in [0, 0.1) is 0 Å². The molecule has 0 aromatic heterocycles. The van der Waals surface area contributed by atoms with E-state index < -0.39 is 6.10 Å². The molecule has 0 amide bonds. The topological polar surface area (TPSA) is 72.8 Å². The van der Waals surface area contributed by atoms with Crippen LogP contribution in [0.15, 0.2) is 36.5 Å². The van der Waals surface area contributed by atoms with Gasteiger partial charge in [-0.1, -0.05) is 391 Å². The fraction of sp³-hybridized carbons (Fsp3) is 0.899. The van der Waals surface area contributed by atoms with Gasteiger partial charge in [-0.25, -0.2) is 0 Å². The maximum atomic E-state index is 12.4. The van der Waals surface area contributed by atoms with E-state index in [1.807, 2.05) is 0 Å². The van der Waals surface area contributed by atoms with Gasteiger partial charge in [-0.2, -0.15) is 0 Å². The van der Waals surface area contributed by atoms with E-state index in [1.165, 1.54) is 372 Å². The number of aliphatic hydroxyl groups is 1. The Balaban J connectivity index is 3.36. The van der Waals surface area contributed by atoms with Crippen molar-refractivity contribution < 1.29 is 24.2 Å². The smallest absolute Gasteiger partial charge is 0.306 e. The zero-order valence-corrected chi connectivity index (χ0v) is 57.2. The lowest BCUT2D eigenvalue weighted by Gasteiger charge is -2.15. The Labute approximate surface area is 526 Å². The zero-order chi connectivity index (χ0) is 60.5. The highest BCUT2D eigenvalue weighted by atomic mass is 16.6. The molecule has 0 saturated carbocycles. The average Bonchev–Trinajstić information content (AvgIpc) is 3.51. The molecule has 0 aromatic carbocycles. The van der Waals surface area contributed by atoms with Crippen LogP contribution >= 0.6 is 0 Å². The lowest BCUT2D eigenvalue weighted by Crippen LogP contribution is -2.28. The van der Waals surface area contributed by atoms with E-state index in [-0.39, 0.29) is 25.2 Å². The molecule has 0 heterocycles. The fourth-order valence-electron chi connectivity index (χ4n) is 12.1. The summed E-state index contributed by atoms with van der Waals surface area (Å²) in [6.45, 7) is 4.20. The van der Waals surface area contributed by atoms with Gasteiger partial charge in [-0.15, -0.1) is 0 Å². The van der Waals surface area contributed by atoms with Gasteiger partial charge >= 0.3 is 11.9 Å². The van der Waals surface area contributed by atoms with Crippen molar-refractivity contribution in [1.82, 2.24) is 0 Å². The van der Waals surface area contributed by atoms with E-state index in [1.54, 1.807) is 0 Å². The minimum atomic E-state index is -0.770. The Bertz CT molecular complexity index is 1340. The molecule has 1 N–H and O–H groups in total. The third kappa shape index (κ3) is 72.6. The molecule has 496 valence electrons. The highest BCUT2D eigenvalue weighted by molar-refractivity contribution is 5.70. The molecule has 0 aliphatic rings. The van der Waals surface area contributed by atoms with E-state index in [0.717, 1.165) is 38.5 Å². The minimum Gasteiger partial charge on any atom is -0.462 e. The Kier molecular flexibility index (Phi) is 73.7. The normalized spacial score (nSPS) is 12.3. The number of carbonyl (C=O) groups excluding carboxylic acids is 2. The van der Waals surface area contributed by atoms with Gasteiger partial charge < -0.3 is 14.6 Å². The molecular weight excluding hydrogens is 1030 g/mol. The van der Waals surface area contributed by atoms with Crippen molar-refractivity contribution in [1.29, 1.82) is 0 Å². The Morgan fingerprint density at radius 3 is 0.714 bits per heavy atom. The fourth-order valence-corrected chi connectivity index (χ4v) is 12.1. The van der Waals surface area contributed by atoms with Gasteiger partial charge in [0.2, 0.25) is 0 Å². The number of carbonyl (C=O) groups is 2. The summed E-state index contributed by atoms with van der Waals surface area (Å²) in [6, 6.07) is 0. The second-order valence-corrected chi connectivity index (χ2v) is 26.4. The maximum Gasteiger partial charge on any atom is 0.306 e. The van der Waals surface area contributed by atoms with Gasteiger partial charge in [0, 0.05) is 12.8 Å². The third-order valence-corrected chi connectivity index (χ3v) is 17.9. The quantitative estimate of drug-likeness (QED) is 0.0373. The standard InChI is InChI=1S/C79H150O5/c1-3-5-7-9-11-13-15-17-19-21-23-25-27-29-31-33-35-36-37-38-39-40-41-42-44-45-47-49-51-53-55-57-59-61-63-65-67-69-71-73-78(81)83-76-77(75-80)84-79(82)74-72-70-68-66-64-62-60-58-56-54-52-50-48-46-43-34-32-30-28-26-24-22-20-18-16-14-12-10-8-6-4-2/h16,18,21-24,77,80H,3-15,17,19-20,25-76H2,1-2H3/b18-16-,23-21-,24-22-. The monoisotopic (exact) mass is 1180 g/mol. The molecule has 0 fully saturated rings. The predicted octanol–water partition coefficient (Wildman–Crippen LogP) is 26.9. The molecule has 0 aliphatic carbocycles. The van der Waals surface area contributed by atoms with Crippen LogP contribution in [0.25, 0.3) is 0 Å². The summed E-state index contributed by atoms with van der Waals surface area (Å²) in [5, 5.41) is 9.72. The zero-order valence-electron chi connectivity index (χ0n) is 57.2. The highest BCUT2D eigenvalue weighted by Gasteiger charge is 2.16. The molecule has 1 unspecified atom stereocenters. The number of allylic oxidation sites excluding steroid dienone is 6. The first kappa shape index (κ1) is 82.1. The summed E-state index contributed by atoms with van der Waals surface area (Å²) in [4.78, 5) is 24.7. The number of hydrogen-bond donors (Lipinski definition) is 1. The van der Waals surface area contributed by atoms with Crippen molar-refractivity contribution in [3.8, 4) is 0 Å². The first-order valence-corrected chi connectivity index (χ1v) is 38.5. The number of aliphatic hydroxyl groups excluding tert-OH is 1. The number of rotatable bonds is 73. The summed E-state index contributed by atoms with van der Waals surface area (Å²) in [5.41, 5.74) is 0. The number of unbranched alkanes of at least 4 members (excludes halogenated alkanes) is 59. The van der Waals surface area contributed by atoms with Crippen LogP contribution in [-0.2, 0) is 19.1 Å². The lowest BCUT2D eigenvalue weighted by atomic mass is 10.0. The van der Waals surface area contributed by atoms with Crippen LogP contribution in [0.1, 0.15) is 438 Å². The van der Waals surface area contributed by atoms with Crippen molar-refractivity contribution in [2.75, 3.05) is 13.2 Å². The Morgan fingerprint density at radius 1 is 0.274 bits per heavy atom. The molecule has 0 aromatic rings. The van der Waals surface area contributed by atoms with Crippen molar-refractivity contribution in [2.45, 2.75) is 444 Å². The first-order valence-electron chi connectivity index (χ1n) is 38.5. The summed E-state index contributed by atoms with van der Waals surface area (Å²) < 4.78 is 10.8. The second-order valence-electron chi connectivity index (χ2n) is 26.4. The molecule has 0 radical (unpaired) electrons. The molecule has 0 rings (SSSR count). The minimum absolute atomic E-state index is 0.0586. The van der Waals surface area contributed by atoms with Crippen LogP contribution in [-0.4, -0.2) is 36.4 Å². The first-order chi connectivity index (χ1) is 41.6. The van der Waals surface area contributed by atoms with Crippen LogP contribution in [0.3, 0.4) is 0 Å². The third-order valence-electron chi connectivity index (χ3n) is 17.9. The van der Waals surface area contributed by atoms with Gasteiger partial charge in [0.25, 0.3) is 0 Å². The Hall–Kier alpha value is -1.88. The molecule has 1 atom stereocenters. The van der Waals surface area contributed by atoms with Crippen molar-refractivity contribution in [3.63, 3.8) is 0 Å². The Morgan fingerprint density at radius 2 is 0.476 bits per heavy atom. The summed E-state index contributed by atoms with van der Waals surface area (Å²) in [7, 11) is 0. The van der Waals surface area contributed by atoms with Gasteiger partial charge in [0.1, 0.15) is 6.61 Å². The maximum absolute atomic E-state index is 12.4. The van der Waals surface area contributed by atoms with Crippen molar-refractivity contribution >= 4 is 11.9 Å². The largest absolute Gasteiger partial charge is 0.462 e. The van der Waals surface area contributed by atoms with Crippen LogP contribution < -0.4 is 0 Å². The van der Waals surface area contributed by atoms with Gasteiger partial charge in [-0.05, 0) is 70.6 Å². The predicted molar refractivity (Wildman–Crippen MR) is 371 cm³/mol. The lowest BCUT2D eigenvalue weighted by molar-refractivity contribution is -0.161. The average molecular weight is 1180 g/mol. The van der Waals surface area contributed by atoms with Crippen molar-refractivity contribution in [3.05, 3.63) is 36.5 Å². The molecule has 0 spiro atoms. The van der Waals surface area contributed by atoms with E-state index in [4.69, 9.17) is 9.47 Å². The van der Waals surface area contributed by atoms with Gasteiger partial charge in [-0.3, -0.25) is 9.59 Å². The molecule has 5 nitrogen and oxygen atoms in total. The summed E-state index contributed by atoms with van der Waals surface area (Å²) in [6.07, 6.45) is 101. The summed E-state index contributed by atoms with van der Waals surface area (Å²) in [5.74, 6) is -0.563. The SMILES string of the molecule is CCCCCCC/C=C\C/C=C\CCCCCCCCCCCCCCCCCCCCCC(=O)OC(CO)COC(=O)CCCCCCCCCCCCCCCCCCCCCCCCCCCCC/C=C\CCCCCCCCCC. The number of esters is 2. The molecular formula is C79H150O5. The van der Waals surface area contributed by atoms with Gasteiger partial charge in [0.15, 0.2) is 6.10 Å². The van der Waals surface area contributed by atoms with Gasteiger partial charge in [0.05, 0.1) is 6.61 Å². The van der Waals surface area contributed by atoms with Crippen LogP contribution in [0.2, 0.25) is 0 Å². The van der Waals surface area contributed by atoms with Crippen LogP contribution in [0.4, 0.5) is 0 Å². The van der Waals surface area contributed by atoms with E-state index in [2.05, 4.69) is 50.3 Å². The molecule has 0 bridgehead atoms. The number of ether oxygens (including phenoxy) is 2. The van der Waals surface area contributed by atoms with E-state index in [9.17, 15) is 14.7 Å². The highest BCUT2D eigenvalue weighted by Crippen LogP contribution is 2.20. The van der Waals surface area contributed by atoms with Crippen molar-refractivity contribution in [2.24, 2.45) is 0 Å².